The zero-order valence-corrected chi connectivity index (χ0v) is 13.6. The van der Waals surface area contributed by atoms with E-state index in [2.05, 4.69) is 28.2 Å². The lowest BCUT2D eigenvalue weighted by Crippen LogP contribution is -2.44. The van der Waals surface area contributed by atoms with E-state index < -0.39 is 0 Å². The summed E-state index contributed by atoms with van der Waals surface area (Å²) in [5.41, 5.74) is 1.22. The number of amides is 1. The van der Waals surface area contributed by atoms with Crippen LogP contribution in [0, 0.1) is 12.8 Å². The third-order valence-electron chi connectivity index (χ3n) is 5.10. The second kappa shape index (κ2) is 7.12. The van der Waals surface area contributed by atoms with Crippen molar-refractivity contribution in [2.24, 2.45) is 5.92 Å². The predicted octanol–water partition coefficient (Wildman–Crippen LogP) is 3.06. The van der Waals surface area contributed by atoms with Crippen LogP contribution in [0.5, 0.6) is 0 Å². The third kappa shape index (κ3) is 3.60. The number of nitrogens with zero attached hydrogens (tertiary/aromatic N) is 2. The highest BCUT2D eigenvalue weighted by atomic mass is 16.1. The molecule has 0 unspecified atom stereocenters. The fraction of sp³-hybridized carbons (Fsp3) is 0.667. The number of carbonyl (C=O) groups excluding carboxylic acids is 1. The number of aryl methyl sites for hydroxylation is 1. The molecule has 1 saturated heterocycles. The van der Waals surface area contributed by atoms with Crippen LogP contribution in [0.15, 0.2) is 18.3 Å². The zero-order valence-electron chi connectivity index (χ0n) is 13.6. The molecule has 1 amide bonds. The monoisotopic (exact) mass is 301 g/mol. The van der Waals surface area contributed by atoms with E-state index in [0.717, 1.165) is 44.6 Å². The summed E-state index contributed by atoms with van der Waals surface area (Å²) in [6.07, 6.45) is 9.92. The number of rotatable bonds is 3. The maximum atomic E-state index is 12.4. The maximum Gasteiger partial charge on any atom is 0.223 e. The number of anilines is 1. The van der Waals surface area contributed by atoms with Crippen LogP contribution in [-0.4, -0.2) is 30.0 Å². The quantitative estimate of drug-likeness (QED) is 0.933. The summed E-state index contributed by atoms with van der Waals surface area (Å²) in [4.78, 5) is 19.2. The summed E-state index contributed by atoms with van der Waals surface area (Å²) >= 11 is 0. The van der Waals surface area contributed by atoms with Gasteiger partial charge in [-0.1, -0.05) is 25.3 Å². The van der Waals surface area contributed by atoms with Crippen LogP contribution in [-0.2, 0) is 4.79 Å². The lowest BCUT2D eigenvalue weighted by molar-refractivity contribution is -0.126. The van der Waals surface area contributed by atoms with Crippen LogP contribution < -0.4 is 10.2 Å². The molecule has 1 aromatic heterocycles. The number of aromatic nitrogens is 1. The molecule has 2 aliphatic rings. The van der Waals surface area contributed by atoms with E-state index in [-0.39, 0.29) is 11.8 Å². The molecule has 0 atom stereocenters. The molecule has 3 rings (SSSR count). The minimum Gasteiger partial charge on any atom is -0.356 e. The van der Waals surface area contributed by atoms with Gasteiger partial charge in [-0.05, 0) is 44.2 Å². The second-order valence-corrected chi connectivity index (χ2v) is 6.75. The summed E-state index contributed by atoms with van der Waals surface area (Å²) in [6, 6.07) is 4.50. The summed E-state index contributed by atoms with van der Waals surface area (Å²) in [5.74, 6) is 1.54. The molecule has 2 heterocycles. The molecular weight excluding hydrogens is 274 g/mol. The Morgan fingerprint density at radius 3 is 2.59 bits per heavy atom. The number of piperidine rings is 1. The van der Waals surface area contributed by atoms with Crippen molar-refractivity contribution < 1.29 is 4.79 Å². The summed E-state index contributed by atoms with van der Waals surface area (Å²) in [7, 11) is 0. The highest BCUT2D eigenvalue weighted by molar-refractivity contribution is 5.79. The Morgan fingerprint density at radius 1 is 1.18 bits per heavy atom. The molecule has 4 nitrogen and oxygen atoms in total. The van der Waals surface area contributed by atoms with Gasteiger partial charge < -0.3 is 10.2 Å². The van der Waals surface area contributed by atoms with E-state index >= 15 is 0 Å². The first-order valence-corrected chi connectivity index (χ1v) is 8.71. The van der Waals surface area contributed by atoms with E-state index in [1.54, 1.807) is 0 Å². The van der Waals surface area contributed by atoms with Gasteiger partial charge in [0.1, 0.15) is 5.82 Å². The smallest absolute Gasteiger partial charge is 0.223 e. The standard InChI is InChI=1S/C18H27N3O/c1-14-6-5-11-19-17(14)21-12-9-15(10-13-21)18(22)20-16-7-3-2-4-8-16/h5-6,11,15-16H,2-4,7-10,12-13H2,1H3,(H,20,22). The van der Waals surface area contributed by atoms with Crippen LogP contribution in [0.2, 0.25) is 0 Å². The van der Waals surface area contributed by atoms with Gasteiger partial charge in [0.25, 0.3) is 0 Å². The lowest BCUT2D eigenvalue weighted by atomic mass is 9.92. The maximum absolute atomic E-state index is 12.4. The molecule has 120 valence electrons. The molecule has 1 aliphatic carbocycles. The van der Waals surface area contributed by atoms with Crippen molar-refractivity contribution in [3.05, 3.63) is 23.9 Å². The van der Waals surface area contributed by atoms with Crippen LogP contribution in [0.1, 0.15) is 50.5 Å². The molecular formula is C18H27N3O. The normalized spacial score (nSPS) is 20.9. The molecule has 1 aliphatic heterocycles. The highest BCUT2D eigenvalue weighted by Gasteiger charge is 2.27. The number of hydrogen-bond donors (Lipinski definition) is 1. The fourth-order valence-electron chi connectivity index (χ4n) is 3.73. The topological polar surface area (TPSA) is 45.2 Å². The average molecular weight is 301 g/mol. The van der Waals surface area contributed by atoms with Crippen molar-refractivity contribution >= 4 is 11.7 Å². The van der Waals surface area contributed by atoms with E-state index in [1.807, 2.05) is 12.3 Å². The molecule has 1 saturated carbocycles. The fourth-order valence-corrected chi connectivity index (χ4v) is 3.73. The number of pyridine rings is 1. The molecule has 0 spiro atoms. The Bertz CT molecular complexity index is 503. The molecule has 1 aromatic rings. The SMILES string of the molecule is Cc1cccnc1N1CCC(C(=O)NC2CCCCC2)CC1. The number of carbonyl (C=O) groups is 1. The minimum atomic E-state index is 0.183. The van der Waals surface area contributed by atoms with Gasteiger partial charge in [0.15, 0.2) is 0 Å². The zero-order chi connectivity index (χ0) is 15.4. The van der Waals surface area contributed by atoms with Gasteiger partial charge in [0, 0.05) is 31.2 Å². The van der Waals surface area contributed by atoms with E-state index in [9.17, 15) is 4.79 Å². The summed E-state index contributed by atoms with van der Waals surface area (Å²) < 4.78 is 0. The first kappa shape index (κ1) is 15.3. The number of nitrogens with one attached hydrogen (secondary N) is 1. The van der Waals surface area contributed by atoms with E-state index in [4.69, 9.17) is 0 Å². The molecule has 2 fully saturated rings. The van der Waals surface area contributed by atoms with Crippen molar-refractivity contribution in [1.82, 2.24) is 10.3 Å². The minimum absolute atomic E-state index is 0.183. The molecule has 0 bridgehead atoms. The summed E-state index contributed by atoms with van der Waals surface area (Å²) in [5, 5.41) is 3.28. The summed E-state index contributed by atoms with van der Waals surface area (Å²) in [6.45, 7) is 3.96. The van der Waals surface area contributed by atoms with Gasteiger partial charge in [-0.25, -0.2) is 4.98 Å². The van der Waals surface area contributed by atoms with Crippen molar-refractivity contribution in [1.29, 1.82) is 0 Å². The molecule has 22 heavy (non-hydrogen) atoms. The van der Waals surface area contributed by atoms with Crippen molar-refractivity contribution in [2.75, 3.05) is 18.0 Å². The first-order chi connectivity index (χ1) is 10.7. The molecule has 0 aromatic carbocycles. The Hall–Kier alpha value is -1.58. The van der Waals surface area contributed by atoms with Gasteiger partial charge in [-0.15, -0.1) is 0 Å². The van der Waals surface area contributed by atoms with Crippen LogP contribution in [0.25, 0.3) is 0 Å². The van der Waals surface area contributed by atoms with Gasteiger partial charge in [-0.2, -0.15) is 0 Å². The third-order valence-corrected chi connectivity index (χ3v) is 5.10. The Kier molecular flexibility index (Phi) is 4.96. The second-order valence-electron chi connectivity index (χ2n) is 6.75. The van der Waals surface area contributed by atoms with E-state index in [0.29, 0.717) is 6.04 Å². The highest BCUT2D eigenvalue weighted by Crippen LogP contribution is 2.25. The van der Waals surface area contributed by atoms with Gasteiger partial charge >= 0.3 is 0 Å². The number of hydrogen-bond acceptors (Lipinski definition) is 3. The van der Waals surface area contributed by atoms with Crippen molar-refractivity contribution in [2.45, 2.75) is 57.9 Å². The predicted molar refractivity (Wildman–Crippen MR) is 88.9 cm³/mol. The van der Waals surface area contributed by atoms with Crippen LogP contribution >= 0.6 is 0 Å². The lowest BCUT2D eigenvalue weighted by Gasteiger charge is -2.34. The van der Waals surface area contributed by atoms with Crippen LogP contribution in [0.4, 0.5) is 5.82 Å². The van der Waals surface area contributed by atoms with E-state index in [1.165, 1.54) is 24.8 Å². The Morgan fingerprint density at radius 2 is 1.91 bits per heavy atom. The van der Waals surface area contributed by atoms with Gasteiger partial charge in [0.05, 0.1) is 0 Å². The van der Waals surface area contributed by atoms with Gasteiger partial charge in [0.2, 0.25) is 5.91 Å². The molecule has 1 N–H and O–H groups in total. The first-order valence-electron chi connectivity index (χ1n) is 8.71. The van der Waals surface area contributed by atoms with Gasteiger partial charge in [-0.3, -0.25) is 4.79 Å². The van der Waals surface area contributed by atoms with Crippen LogP contribution in [0.3, 0.4) is 0 Å². The van der Waals surface area contributed by atoms with Crippen molar-refractivity contribution in [3.63, 3.8) is 0 Å². The molecule has 4 heteroatoms. The average Bonchev–Trinajstić information content (AvgIpc) is 2.56. The largest absolute Gasteiger partial charge is 0.356 e. The Balaban J connectivity index is 1.51. The van der Waals surface area contributed by atoms with Crippen molar-refractivity contribution in [3.8, 4) is 0 Å². The molecule has 0 radical (unpaired) electrons. The Labute approximate surface area is 133 Å².